The van der Waals surface area contributed by atoms with Crippen LogP contribution in [0.4, 0.5) is 5.95 Å². The fourth-order valence-corrected chi connectivity index (χ4v) is 2.47. The molecule has 2 heterocycles. The van der Waals surface area contributed by atoms with Crippen LogP contribution in [-0.4, -0.2) is 46.7 Å². The topological polar surface area (TPSA) is 92.6 Å². The first-order valence-corrected chi connectivity index (χ1v) is 6.92. The second-order valence-electron chi connectivity index (χ2n) is 5.22. The Morgan fingerprint density at radius 1 is 1.48 bits per heavy atom. The smallest absolute Gasteiger partial charge is 0.341 e. The number of nitrogens with zero attached hydrogens (tertiary/aromatic N) is 3. The number of aromatic nitrogens is 2. The summed E-state index contributed by atoms with van der Waals surface area (Å²) in [7, 11) is 0. The standard InChI is InChI=1S/C14H19N3O4/c1-4-21-13(20)10-5-15-14(16-9(10)3)17-6-8(2)11(7-17)12(18)19/h5,8,11H,4,6-7H2,1-3H3,(H,18,19)/t8-,11-/m1/s1. The number of hydrogen-bond acceptors (Lipinski definition) is 6. The van der Waals surface area contributed by atoms with Crippen molar-refractivity contribution in [3.63, 3.8) is 0 Å². The number of rotatable bonds is 4. The van der Waals surface area contributed by atoms with Gasteiger partial charge in [-0.05, 0) is 19.8 Å². The van der Waals surface area contributed by atoms with Crippen LogP contribution >= 0.6 is 0 Å². The van der Waals surface area contributed by atoms with Crippen molar-refractivity contribution in [3.8, 4) is 0 Å². The molecule has 0 amide bonds. The van der Waals surface area contributed by atoms with E-state index in [2.05, 4.69) is 9.97 Å². The second-order valence-corrected chi connectivity index (χ2v) is 5.22. The molecule has 1 fully saturated rings. The molecule has 1 aliphatic heterocycles. The summed E-state index contributed by atoms with van der Waals surface area (Å²) in [6, 6.07) is 0. The molecule has 0 radical (unpaired) electrons. The number of anilines is 1. The van der Waals surface area contributed by atoms with E-state index in [4.69, 9.17) is 9.84 Å². The van der Waals surface area contributed by atoms with Crippen molar-refractivity contribution in [1.29, 1.82) is 0 Å². The Balaban J connectivity index is 2.18. The molecule has 2 rings (SSSR count). The molecule has 1 aliphatic rings. The highest BCUT2D eigenvalue weighted by molar-refractivity contribution is 5.90. The summed E-state index contributed by atoms with van der Waals surface area (Å²) in [6.45, 7) is 6.62. The SMILES string of the molecule is CCOC(=O)c1cnc(N2C[C@@H](C)[C@H](C(=O)O)C2)nc1C. The first kappa shape index (κ1) is 15.2. The second kappa shape index (κ2) is 6.07. The van der Waals surface area contributed by atoms with Gasteiger partial charge in [0.15, 0.2) is 0 Å². The first-order chi connectivity index (χ1) is 9.93. The van der Waals surface area contributed by atoms with Gasteiger partial charge >= 0.3 is 11.9 Å². The van der Waals surface area contributed by atoms with Crippen LogP contribution in [-0.2, 0) is 9.53 Å². The van der Waals surface area contributed by atoms with E-state index in [-0.39, 0.29) is 5.92 Å². The van der Waals surface area contributed by atoms with Crippen LogP contribution in [0.25, 0.3) is 0 Å². The van der Waals surface area contributed by atoms with Crippen LogP contribution in [0, 0.1) is 18.8 Å². The molecule has 114 valence electrons. The van der Waals surface area contributed by atoms with Crippen molar-refractivity contribution in [2.75, 3.05) is 24.6 Å². The summed E-state index contributed by atoms with van der Waals surface area (Å²) in [6.07, 6.45) is 1.44. The van der Waals surface area contributed by atoms with Gasteiger partial charge in [0.1, 0.15) is 0 Å². The number of ether oxygens (including phenoxy) is 1. The summed E-state index contributed by atoms with van der Waals surface area (Å²) in [5.74, 6) is -1.17. The van der Waals surface area contributed by atoms with Crippen LogP contribution in [0.3, 0.4) is 0 Å². The summed E-state index contributed by atoms with van der Waals surface area (Å²) < 4.78 is 4.93. The van der Waals surface area contributed by atoms with Crippen LogP contribution in [0.2, 0.25) is 0 Å². The van der Waals surface area contributed by atoms with Gasteiger partial charge in [-0.1, -0.05) is 6.92 Å². The number of aliphatic carboxylic acids is 1. The van der Waals surface area contributed by atoms with Crippen molar-refractivity contribution < 1.29 is 19.4 Å². The number of carboxylic acids is 1. The van der Waals surface area contributed by atoms with Crippen LogP contribution in [0.15, 0.2) is 6.20 Å². The lowest BCUT2D eigenvalue weighted by Crippen LogP contribution is -2.25. The Hall–Kier alpha value is -2.18. The minimum Gasteiger partial charge on any atom is -0.481 e. The maximum atomic E-state index is 11.7. The Kier molecular flexibility index (Phi) is 4.40. The molecule has 1 N–H and O–H groups in total. The lowest BCUT2D eigenvalue weighted by Gasteiger charge is -2.16. The van der Waals surface area contributed by atoms with E-state index in [0.29, 0.717) is 36.9 Å². The van der Waals surface area contributed by atoms with E-state index in [1.165, 1.54) is 6.20 Å². The minimum absolute atomic E-state index is 0.0381. The van der Waals surface area contributed by atoms with Crippen molar-refractivity contribution in [2.45, 2.75) is 20.8 Å². The molecule has 0 aromatic carbocycles. The fourth-order valence-electron chi connectivity index (χ4n) is 2.47. The summed E-state index contributed by atoms with van der Waals surface area (Å²) in [4.78, 5) is 33.2. The minimum atomic E-state index is -0.801. The average Bonchev–Trinajstić information content (AvgIpc) is 2.81. The molecular weight excluding hydrogens is 274 g/mol. The number of carbonyl (C=O) groups excluding carboxylic acids is 1. The van der Waals surface area contributed by atoms with Crippen molar-refractivity contribution in [3.05, 3.63) is 17.5 Å². The molecule has 1 aromatic rings. The van der Waals surface area contributed by atoms with Gasteiger partial charge in [-0.15, -0.1) is 0 Å². The number of esters is 1. The van der Waals surface area contributed by atoms with E-state index in [9.17, 15) is 9.59 Å². The molecule has 0 spiro atoms. The zero-order valence-electron chi connectivity index (χ0n) is 12.4. The normalized spacial score (nSPS) is 21.4. The Morgan fingerprint density at radius 3 is 2.71 bits per heavy atom. The highest BCUT2D eigenvalue weighted by atomic mass is 16.5. The quantitative estimate of drug-likeness (QED) is 0.831. The van der Waals surface area contributed by atoms with Crippen LogP contribution < -0.4 is 4.90 Å². The van der Waals surface area contributed by atoms with Crippen molar-refractivity contribution in [1.82, 2.24) is 9.97 Å². The Labute approximate surface area is 123 Å². The molecule has 1 saturated heterocycles. The largest absolute Gasteiger partial charge is 0.481 e. The highest BCUT2D eigenvalue weighted by Crippen LogP contribution is 2.26. The monoisotopic (exact) mass is 293 g/mol. The third-order valence-corrected chi connectivity index (χ3v) is 3.67. The van der Waals surface area contributed by atoms with Gasteiger partial charge in [-0.3, -0.25) is 4.79 Å². The molecule has 2 atom stereocenters. The molecule has 0 aliphatic carbocycles. The maximum Gasteiger partial charge on any atom is 0.341 e. The zero-order chi connectivity index (χ0) is 15.6. The third kappa shape index (κ3) is 3.12. The average molecular weight is 293 g/mol. The van der Waals surface area contributed by atoms with Crippen LogP contribution in [0.1, 0.15) is 29.9 Å². The molecule has 0 saturated carbocycles. The van der Waals surface area contributed by atoms with Gasteiger partial charge < -0.3 is 14.7 Å². The van der Waals surface area contributed by atoms with Crippen LogP contribution in [0.5, 0.6) is 0 Å². The van der Waals surface area contributed by atoms with Gasteiger partial charge in [0.25, 0.3) is 0 Å². The van der Waals surface area contributed by atoms with Gasteiger partial charge in [-0.25, -0.2) is 14.8 Å². The highest BCUT2D eigenvalue weighted by Gasteiger charge is 2.36. The van der Waals surface area contributed by atoms with E-state index in [1.54, 1.807) is 13.8 Å². The Bertz CT molecular complexity index is 561. The number of carbonyl (C=O) groups is 2. The predicted octanol–water partition coefficient (Wildman–Crippen LogP) is 1.12. The number of hydrogen-bond donors (Lipinski definition) is 1. The van der Waals surface area contributed by atoms with Gasteiger partial charge in [0.05, 0.1) is 23.8 Å². The predicted molar refractivity (Wildman–Crippen MR) is 75.2 cm³/mol. The molecule has 21 heavy (non-hydrogen) atoms. The van der Waals surface area contributed by atoms with Gasteiger partial charge in [-0.2, -0.15) is 0 Å². The van der Waals surface area contributed by atoms with Crippen molar-refractivity contribution >= 4 is 17.9 Å². The van der Waals surface area contributed by atoms with Gasteiger partial charge in [0, 0.05) is 19.3 Å². The van der Waals surface area contributed by atoms with E-state index in [0.717, 1.165) is 0 Å². The molecule has 7 nitrogen and oxygen atoms in total. The number of aryl methyl sites for hydroxylation is 1. The third-order valence-electron chi connectivity index (χ3n) is 3.67. The first-order valence-electron chi connectivity index (χ1n) is 6.92. The lowest BCUT2D eigenvalue weighted by atomic mass is 9.99. The van der Waals surface area contributed by atoms with Gasteiger partial charge in [0.2, 0.25) is 5.95 Å². The summed E-state index contributed by atoms with van der Waals surface area (Å²) in [5, 5.41) is 9.15. The molecule has 0 bridgehead atoms. The maximum absolute atomic E-state index is 11.7. The molecule has 7 heteroatoms. The fraction of sp³-hybridized carbons (Fsp3) is 0.571. The lowest BCUT2D eigenvalue weighted by molar-refractivity contribution is -0.142. The van der Waals surface area contributed by atoms with Crippen molar-refractivity contribution in [2.24, 2.45) is 11.8 Å². The molecular formula is C14H19N3O4. The van der Waals surface area contributed by atoms with E-state index < -0.39 is 17.9 Å². The van der Waals surface area contributed by atoms with E-state index in [1.807, 2.05) is 11.8 Å². The summed E-state index contributed by atoms with van der Waals surface area (Å²) in [5.41, 5.74) is 0.868. The number of carboxylic acid groups (broad SMARTS) is 1. The molecule has 0 unspecified atom stereocenters. The molecule has 1 aromatic heterocycles. The van der Waals surface area contributed by atoms with E-state index >= 15 is 0 Å². The summed E-state index contributed by atoms with van der Waals surface area (Å²) >= 11 is 0. The Morgan fingerprint density at radius 2 is 2.19 bits per heavy atom. The zero-order valence-corrected chi connectivity index (χ0v) is 12.4.